The highest BCUT2D eigenvalue weighted by molar-refractivity contribution is 5.58. The summed E-state index contributed by atoms with van der Waals surface area (Å²) in [5, 5.41) is 0. The number of nitrogens with zero attached hydrogens (tertiary/aromatic N) is 1. The molecule has 25 heavy (non-hydrogen) atoms. The van der Waals surface area contributed by atoms with E-state index in [2.05, 4.69) is 34.2 Å². The van der Waals surface area contributed by atoms with Gasteiger partial charge in [-0.1, -0.05) is 60.7 Å². The number of nitrogens with two attached hydrogens (primary N) is 2. The number of benzene rings is 2. The zero-order valence-corrected chi connectivity index (χ0v) is 14.5. The van der Waals surface area contributed by atoms with E-state index in [1.807, 2.05) is 42.6 Å². The van der Waals surface area contributed by atoms with Gasteiger partial charge in [-0.05, 0) is 43.4 Å². The third-order valence-electron chi connectivity index (χ3n) is 4.57. The Labute approximate surface area is 149 Å². The fourth-order valence-corrected chi connectivity index (χ4v) is 3.17. The maximum absolute atomic E-state index is 6.85. The number of aromatic nitrogens is 2. The second kappa shape index (κ2) is 8.10. The number of hydrogen-bond donors (Lipinski definition) is 3. The zero-order valence-electron chi connectivity index (χ0n) is 14.5. The summed E-state index contributed by atoms with van der Waals surface area (Å²) in [5.74, 6) is 0.840. The van der Waals surface area contributed by atoms with Crippen LogP contribution in [0.1, 0.15) is 30.7 Å². The second-order valence-corrected chi connectivity index (χ2v) is 6.58. The summed E-state index contributed by atoms with van der Waals surface area (Å²) in [6.45, 7) is 0.689. The quantitative estimate of drug-likeness (QED) is 0.551. The van der Waals surface area contributed by atoms with Gasteiger partial charge in [0.25, 0.3) is 0 Å². The van der Waals surface area contributed by atoms with Gasteiger partial charge in [-0.25, -0.2) is 4.98 Å². The van der Waals surface area contributed by atoms with Crippen LogP contribution in [0.25, 0.3) is 11.3 Å². The topological polar surface area (TPSA) is 80.7 Å². The van der Waals surface area contributed by atoms with Crippen LogP contribution in [0.4, 0.5) is 0 Å². The van der Waals surface area contributed by atoms with Gasteiger partial charge in [-0.2, -0.15) is 0 Å². The molecule has 0 saturated carbocycles. The molecule has 0 fully saturated rings. The van der Waals surface area contributed by atoms with Gasteiger partial charge in [0.15, 0.2) is 0 Å². The smallest absolute Gasteiger partial charge is 0.127 e. The first-order chi connectivity index (χ1) is 12.2. The summed E-state index contributed by atoms with van der Waals surface area (Å²) in [5.41, 5.74) is 15.3. The highest BCUT2D eigenvalue weighted by Crippen LogP contribution is 2.28. The number of unbranched alkanes of at least 4 members (excludes halogenated alkanes) is 1. The van der Waals surface area contributed by atoms with Crippen LogP contribution in [0.5, 0.6) is 0 Å². The first kappa shape index (κ1) is 17.4. The first-order valence-electron chi connectivity index (χ1n) is 8.85. The average molecular weight is 334 g/mol. The molecular formula is C21H26N4. The van der Waals surface area contributed by atoms with E-state index in [1.165, 1.54) is 5.56 Å². The molecule has 0 aliphatic heterocycles. The van der Waals surface area contributed by atoms with E-state index < -0.39 is 5.54 Å². The van der Waals surface area contributed by atoms with Gasteiger partial charge in [0.05, 0.1) is 17.4 Å². The van der Waals surface area contributed by atoms with Crippen LogP contribution in [0.15, 0.2) is 66.9 Å². The van der Waals surface area contributed by atoms with Crippen LogP contribution < -0.4 is 11.5 Å². The lowest BCUT2D eigenvalue weighted by molar-refractivity contribution is 0.369. The van der Waals surface area contributed by atoms with E-state index in [0.29, 0.717) is 6.54 Å². The van der Waals surface area contributed by atoms with Crippen LogP contribution in [-0.2, 0) is 12.0 Å². The fourth-order valence-electron chi connectivity index (χ4n) is 3.17. The van der Waals surface area contributed by atoms with Crippen LogP contribution in [0.2, 0.25) is 0 Å². The van der Waals surface area contributed by atoms with E-state index in [1.54, 1.807) is 0 Å². The summed E-state index contributed by atoms with van der Waals surface area (Å²) in [6.07, 6.45) is 5.43. The molecule has 1 heterocycles. The molecule has 4 nitrogen and oxygen atoms in total. The molecule has 0 spiro atoms. The zero-order chi connectivity index (χ0) is 17.5. The second-order valence-electron chi connectivity index (χ2n) is 6.58. The molecule has 0 aliphatic rings. The molecule has 130 valence electrons. The average Bonchev–Trinajstić information content (AvgIpc) is 3.15. The Hall–Kier alpha value is -2.43. The van der Waals surface area contributed by atoms with Gasteiger partial charge >= 0.3 is 0 Å². The highest BCUT2D eigenvalue weighted by atomic mass is 15.0. The molecule has 0 saturated heterocycles. The van der Waals surface area contributed by atoms with Crippen molar-refractivity contribution >= 4 is 0 Å². The molecule has 0 radical (unpaired) electrons. The van der Waals surface area contributed by atoms with E-state index in [4.69, 9.17) is 11.5 Å². The lowest BCUT2D eigenvalue weighted by atomic mass is 9.86. The SMILES string of the molecule is NCCCCC(N)(Cc1ccccc1)c1ncc(-c2ccccc2)[nH]1. The first-order valence-corrected chi connectivity index (χ1v) is 8.85. The Morgan fingerprint density at radius 3 is 2.28 bits per heavy atom. The van der Waals surface area contributed by atoms with Crippen molar-refractivity contribution in [1.29, 1.82) is 0 Å². The molecule has 4 heteroatoms. The summed E-state index contributed by atoms with van der Waals surface area (Å²) in [7, 11) is 0. The molecular weight excluding hydrogens is 308 g/mol. The maximum Gasteiger partial charge on any atom is 0.127 e. The minimum Gasteiger partial charge on any atom is -0.340 e. The predicted octanol–water partition coefficient (Wildman–Crippen LogP) is 3.60. The molecule has 3 aromatic rings. The van der Waals surface area contributed by atoms with Crippen molar-refractivity contribution in [2.75, 3.05) is 6.54 Å². The summed E-state index contributed by atoms with van der Waals surface area (Å²) < 4.78 is 0. The van der Waals surface area contributed by atoms with Crippen molar-refractivity contribution in [2.45, 2.75) is 31.2 Å². The van der Waals surface area contributed by atoms with Gasteiger partial charge in [0.1, 0.15) is 5.82 Å². The summed E-state index contributed by atoms with van der Waals surface area (Å²) in [4.78, 5) is 8.08. The standard InChI is InChI=1S/C21H26N4/c22-14-8-7-13-21(23,15-17-9-3-1-4-10-17)20-24-16-19(25-20)18-11-5-2-6-12-18/h1-6,9-12,16H,7-8,13-15,22-23H2,(H,24,25). The molecule has 2 aromatic carbocycles. The van der Waals surface area contributed by atoms with Gasteiger partial charge in [0.2, 0.25) is 0 Å². The Bertz CT molecular complexity index is 767. The molecule has 1 unspecified atom stereocenters. The Morgan fingerprint density at radius 2 is 1.60 bits per heavy atom. The number of rotatable bonds is 8. The monoisotopic (exact) mass is 334 g/mol. The van der Waals surface area contributed by atoms with Crippen LogP contribution in [0, 0.1) is 0 Å². The van der Waals surface area contributed by atoms with Crippen molar-refractivity contribution in [3.63, 3.8) is 0 Å². The van der Waals surface area contributed by atoms with E-state index in [-0.39, 0.29) is 0 Å². The number of aromatic amines is 1. The van der Waals surface area contributed by atoms with Crippen molar-refractivity contribution < 1.29 is 0 Å². The predicted molar refractivity (Wildman–Crippen MR) is 103 cm³/mol. The Balaban J connectivity index is 1.87. The minimum absolute atomic E-state index is 0.524. The lowest BCUT2D eigenvalue weighted by Crippen LogP contribution is -2.40. The lowest BCUT2D eigenvalue weighted by Gasteiger charge is -2.28. The third kappa shape index (κ3) is 4.35. The molecule has 3 rings (SSSR count). The normalized spacial score (nSPS) is 13.5. The van der Waals surface area contributed by atoms with Crippen molar-refractivity contribution in [3.05, 3.63) is 78.2 Å². The van der Waals surface area contributed by atoms with Gasteiger partial charge in [-0.3, -0.25) is 0 Å². The number of hydrogen-bond acceptors (Lipinski definition) is 3. The van der Waals surface area contributed by atoms with E-state index in [9.17, 15) is 0 Å². The van der Waals surface area contributed by atoms with Crippen LogP contribution in [0.3, 0.4) is 0 Å². The van der Waals surface area contributed by atoms with E-state index in [0.717, 1.165) is 42.8 Å². The molecule has 1 atom stereocenters. The molecule has 5 N–H and O–H groups in total. The third-order valence-corrected chi connectivity index (χ3v) is 4.57. The van der Waals surface area contributed by atoms with Crippen LogP contribution in [-0.4, -0.2) is 16.5 Å². The van der Waals surface area contributed by atoms with Crippen LogP contribution >= 0.6 is 0 Å². The number of nitrogens with one attached hydrogen (secondary N) is 1. The highest BCUT2D eigenvalue weighted by Gasteiger charge is 2.30. The maximum atomic E-state index is 6.85. The summed E-state index contributed by atoms with van der Waals surface area (Å²) >= 11 is 0. The fraction of sp³-hybridized carbons (Fsp3) is 0.286. The Kier molecular flexibility index (Phi) is 5.64. The minimum atomic E-state index is -0.524. The van der Waals surface area contributed by atoms with E-state index >= 15 is 0 Å². The van der Waals surface area contributed by atoms with Gasteiger partial charge in [0, 0.05) is 0 Å². The Morgan fingerprint density at radius 1 is 0.920 bits per heavy atom. The summed E-state index contributed by atoms with van der Waals surface area (Å²) in [6, 6.07) is 20.6. The van der Waals surface area contributed by atoms with Crippen molar-refractivity contribution in [2.24, 2.45) is 11.5 Å². The number of H-pyrrole nitrogens is 1. The van der Waals surface area contributed by atoms with Crippen molar-refractivity contribution in [1.82, 2.24) is 9.97 Å². The van der Waals surface area contributed by atoms with Gasteiger partial charge < -0.3 is 16.5 Å². The molecule has 1 aromatic heterocycles. The molecule has 0 aliphatic carbocycles. The van der Waals surface area contributed by atoms with Crippen molar-refractivity contribution in [3.8, 4) is 11.3 Å². The molecule has 0 amide bonds. The number of imidazole rings is 1. The van der Waals surface area contributed by atoms with Gasteiger partial charge in [-0.15, -0.1) is 0 Å². The largest absolute Gasteiger partial charge is 0.340 e. The molecule has 0 bridgehead atoms.